The molecule has 5 heteroatoms. The highest BCUT2D eigenvalue weighted by molar-refractivity contribution is 5.53. The van der Waals surface area contributed by atoms with Gasteiger partial charge in [-0.05, 0) is 23.8 Å². The first kappa shape index (κ1) is 11.9. The molecule has 0 atom stereocenters. The first-order chi connectivity index (χ1) is 8.72. The van der Waals surface area contributed by atoms with E-state index >= 15 is 0 Å². The van der Waals surface area contributed by atoms with Gasteiger partial charge < -0.3 is 15.6 Å². The maximum atomic E-state index is 9.02. The molecule has 1 aromatic carbocycles. The van der Waals surface area contributed by atoms with Gasteiger partial charge in [0.1, 0.15) is 11.8 Å². The second-order valence-electron chi connectivity index (χ2n) is 3.64. The van der Waals surface area contributed by atoms with Gasteiger partial charge in [-0.25, -0.2) is 4.98 Å². The summed E-state index contributed by atoms with van der Waals surface area (Å²) in [7, 11) is 0. The lowest BCUT2D eigenvalue weighted by molar-refractivity contribution is 0.281. The van der Waals surface area contributed by atoms with Gasteiger partial charge in [-0.3, -0.25) is 0 Å². The van der Waals surface area contributed by atoms with Crippen molar-refractivity contribution in [1.82, 2.24) is 4.98 Å². The third kappa shape index (κ3) is 2.56. The summed E-state index contributed by atoms with van der Waals surface area (Å²) in [6, 6.07) is 10.4. The molecule has 1 aromatic heterocycles. The number of anilines is 1. The molecule has 0 aliphatic rings. The SMILES string of the molecule is N#Cc1cnc(Oc2cccc(CO)c2)c(N)c1. The highest BCUT2D eigenvalue weighted by atomic mass is 16.5. The van der Waals surface area contributed by atoms with Gasteiger partial charge in [0.2, 0.25) is 5.88 Å². The van der Waals surface area contributed by atoms with Gasteiger partial charge in [0.25, 0.3) is 0 Å². The second kappa shape index (κ2) is 5.17. The van der Waals surface area contributed by atoms with Gasteiger partial charge >= 0.3 is 0 Å². The number of aliphatic hydroxyl groups is 1. The van der Waals surface area contributed by atoms with E-state index in [4.69, 9.17) is 20.8 Å². The number of nitrogens with two attached hydrogens (primary N) is 1. The summed E-state index contributed by atoms with van der Waals surface area (Å²) in [4.78, 5) is 3.97. The topological polar surface area (TPSA) is 92.2 Å². The molecule has 0 aliphatic carbocycles. The lowest BCUT2D eigenvalue weighted by atomic mass is 10.2. The quantitative estimate of drug-likeness (QED) is 0.855. The molecule has 0 fully saturated rings. The molecular formula is C13H11N3O2. The van der Waals surface area contributed by atoms with Crippen molar-refractivity contribution < 1.29 is 9.84 Å². The molecule has 0 bridgehead atoms. The summed E-state index contributed by atoms with van der Waals surface area (Å²) in [5.41, 5.74) is 7.14. The summed E-state index contributed by atoms with van der Waals surface area (Å²) in [6.07, 6.45) is 1.39. The Morgan fingerprint density at radius 3 is 2.89 bits per heavy atom. The summed E-state index contributed by atoms with van der Waals surface area (Å²) in [5.74, 6) is 0.773. The van der Waals surface area contributed by atoms with Crippen LogP contribution in [0.1, 0.15) is 11.1 Å². The molecule has 5 nitrogen and oxygen atoms in total. The fourth-order valence-corrected chi connectivity index (χ4v) is 1.43. The van der Waals surface area contributed by atoms with Gasteiger partial charge in [0, 0.05) is 6.20 Å². The molecule has 0 radical (unpaired) electrons. The zero-order valence-corrected chi connectivity index (χ0v) is 9.50. The second-order valence-corrected chi connectivity index (χ2v) is 3.64. The average Bonchev–Trinajstić information content (AvgIpc) is 2.41. The predicted molar refractivity (Wildman–Crippen MR) is 65.8 cm³/mol. The number of pyridine rings is 1. The fraction of sp³-hybridized carbons (Fsp3) is 0.0769. The van der Waals surface area contributed by atoms with E-state index in [-0.39, 0.29) is 12.5 Å². The molecule has 0 amide bonds. The van der Waals surface area contributed by atoms with E-state index in [1.165, 1.54) is 12.3 Å². The number of aromatic nitrogens is 1. The standard InChI is InChI=1S/C13H11N3O2/c14-6-10-5-12(15)13(16-7-10)18-11-3-1-2-9(4-11)8-17/h1-5,7,17H,8,15H2. The van der Waals surface area contributed by atoms with Crippen LogP contribution < -0.4 is 10.5 Å². The number of ether oxygens (including phenoxy) is 1. The highest BCUT2D eigenvalue weighted by Crippen LogP contribution is 2.25. The first-order valence-corrected chi connectivity index (χ1v) is 5.26. The number of hydrogen-bond donors (Lipinski definition) is 2. The van der Waals surface area contributed by atoms with E-state index in [0.717, 1.165) is 5.56 Å². The van der Waals surface area contributed by atoms with Crippen LogP contribution in [0.15, 0.2) is 36.5 Å². The number of aliphatic hydroxyl groups excluding tert-OH is 1. The van der Waals surface area contributed by atoms with Crippen LogP contribution >= 0.6 is 0 Å². The number of nitrogens with zero attached hydrogens (tertiary/aromatic N) is 2. The van der Waals surface area contributed by atoms with Crippen LogP contribution in [0, 0.1) is 11.3 Å². The van der Waals surface area contributed by atoms with Crippen molar-refractivity contribution >= 4 is 5.69 Å². The molecule has 3 N–H and O–H groups in total. The molecule has 2 rings (SSSR count). The van der Waals surface area contributed by atoms with E-state index in [0.29, 0.717) is 17.0 Å². The summed E-state index contributed by atoms with van der Waals surface area (Å²) >= 11 is 0. The van der Waals surface area contributed by atoms with E-state index < -0.39 is 0 Å². The first-order valence-electron chi connectivity index (χ1n) is 5.26. The monoisotopic (exact) mass is 241 g/mol. The minimum absolute atomic E-state index is 0.0620. The molecule has 0 saturated heterocycles. The summed E-state index contributed by atoms with van der Waals surface area (Å²) in [6.45, 7) is -0.0620. The molecule has 2 aromatic rings. The number of benzene rings is 1. The number of nitrogen functional groups attached to an aromatic ring is 1. The van der Waals surface area contributed by atoms with Gasteiger partial charge in [0.05, 0.1) is 17.9 Å². The zero-order chi connectivity index (χ0) is 13.0. The largest absolute Gasteiger partial charge is 0.437 e. The van der Waals surface area contributed by atoms with Crippen molar-refractivity contribution in [1.29, 1.82) is 5.26 Å². The van der Waals surface area contributed by atoms with E-state index in [2.05, 4.69) is 4.98 Å². The fourth-order valence-electron chi connectivity index (χ4n) is 1.43. The normalized spacial score (nSPS) is 9.78. The van der Waals surface area contributed by atoms with Crippen LogP contribution in [0.25, 0.3) is 0 Å². The Hall–Kier alpha value is -2.58. The van der Waals surface area contributed by atoms with Crippen molar-refractivity contribution in [2.24, 2.45) is 0 Å². The third-order valence-electron chi connectivity index (χ3n) is 2.30. The summed E-state index contributed by atoms with van der Waals surface area (Å²) in [5, 5.41) is 17.7. The van der Waals surface area contributed by atoms with Crippen LogP contribution in [-0.2, 0) is 6.61 Å². The number of rotatable bonds is 3. The predicted octanol–water partition coefficient (Wildman–Crippen LogP) is 1.82. The van der Waals surface area contributed by atoms with Crippen molar-refractivity contribution in [3.8, 4) is 17.7 Å². The van der Waals surface area contributed by atoms with E-state index in [1.54, 1.807) is 24.3 Å². The highest BCUT2D eigenvalue weighted by Gasteiger charge is 2.05. The van der Waals surface area contributed by atoms with Gasteiger partial charge in [0.15, 0.2) is 0 Å². The third-order valence-corrected chi connectivity index (χ3v) is 2.30. The minimum atomic E-state index is -0.0620. The van der Waals surface area contributed by atoms with Gasteiger partial charge in [-0.15, -0.1) is 0 Å². The van der Waals surface area contributed by atoms with Crippen LogP contribution in [0.5, 0.6) is 11.6 Å². The smallest absolute Gasteiger partial charge is 0.242 e. The molecule has 0 unspecified atom stereocenters. The lowest BCUT2D eigenvalue weighted by Crippen LogP contribution is -1.96. The Morgan fingerprint density at radius 2 is 2.22 bits per heavy atom. The van der Waals surface area contributed by atoms with Crippen LogP contribution in [0.2, 0.25) is 0 Å². The number of nitriles is 1. The van der Waals surface area contributed by atoms with Gasteiger partial charge in [-0.2, -0.15) is 5.26 Å². The average molecular weight is 241 g/mol. The molecule has 90 valence electrons. The molecule has 0 aliphatic heterocycles. The van der Waals surface area contributed by atoms with E-state index in [9.17, 15) is 0 Å². The van der Waals surface area contributed by atoms with Crippen molar-refractivity contribution in [3.63, 3.8) is 0 Å². The molecule has 0 spiro atoms. The Bertz CT molecular complexity index is 605. The Balaban J connectivity index is 2.26. The van der Waals surface area contributed by atoms with E-state index in [1.807, 2.05) is 6.07 Å². The Morgan fingerprint density at radius 1 is 1.39 bits per heavy atom. The maximum Gasteiger partial charge on any atom is 0.242 e. The minimum Gasteiger partial charge on any atom is -0.437 e. The molecular weight excluding hydrogens is 230 g/mol. The van der Waals surface area contributed by atoms with Crippen molar-refractivity contribution in [2.75, 3.05) is 5.73 Å². The van der Waals surface area contributed by atoms with Crippen LogP contribution in [-0.4, -0.2) is 10.1 Å². The Labute approximate surface area is 104 Å². The number of hydrogen-bond acceptors (Lipinski definition) is 5. The van der Waals surface area contributed by atoms with Crippen LogP contribution in [0.4, 0.5) is 5.69 Å². The molecule has 0 saturated carbocycles. The van der Waals surface area contributed by atoms with Crippen molar-refractivity contribution in [2.45, 2.75) is 6.61 Å². The lowest BCUT2D eigenvalue weighted by Gasteiger charge is -2.08. The van der Waals surface area contributed by atoms with Gasteiger partial charge in [-0.1, -0.05) is 12.1 Å². The van der Waals surface area contributed by atoms with Crippen LogP contribution in [0.3, 0.4) is 0 Å². The van der Waals surface area contributed by atoms with Crippen molar-refractivity contribution in [3.05, 3.63) is 47.7 Å². The summed E-state index contributed by atoms with van der Waals surface area (Å²) < 4.78 is 5.49. The molecule has 18 heavy (non-hydrogen) atoms. The molecule has 1 heterocycles. The Kier molecular flexibility index (Phi) is 3.41. The maximum absolute atomic E-state index is 9.02. The zero-order valence-electron chi connectivity index (χ0n) is 9.50.